The Hall–Kier alpha value is 0.305. The maximum atomic E-state index is 5.55. The summed E-state index contributed by atoms with van der Waals surface area (Å²) in [5.74, 6) is 0. The first-order chi connectivity index (χ1) is 8.73. The Balaban J connectivity index is 2.55. The van der Waals surface area contributed by atoms with E-state index in [0.717, 1.165) is 6.04 Å². The fourth-order valence-corrected chi connectivity index (χ4v) is 8.34. The summed E-state index contributed by atoms with van der Waals surface area (Å²) in [6.45, 7) is 4.47. The molecule has 0 aliphatic heterocycles. The molecule has 0 amide bonds. The average molecular weight is 466 g/mol. The second-order valence-corrected chi connectivity index (χ2v) is 20.9. The molecule has 0 bridgehead atoms. The van der Waals surface area contributed by atoms with Gasteiger partial charge in [-0.25, -0.2) is 0 Å². The minimum atomic E-state index is -1.88. The van der Waals surface area contributed by atoms with Crippen molar-refractivity contribution in [2.75, 3.05) is 14.2 Å². The zero-order valence-electron chi connectivity index (χ0n) is 13.5. The molecular weight excluding hydrogens is 435 g/mol. The third-order valence-corrected chi connectivity index (χ3v) is 12.3. The van der Waals surface area contributed by atoms with Gasteiger partial charge in [-0.3, -0.25) is 0 Å². The van der Waals surface area contributed by atoms with E-state index < -0.39 is 24.6 Å². The second kappa shape index (κ2) is 6.84. The molecule has 4 heteroatoms. The van der Waals surface area contributed by atoms with Crippen LogP contribution in [0.2, 0.25) is 28.5 Å². The van der Waals surface area contributed by atoms with Crippen LogP contribution in [0.4, 0.5) is 0 Å². The summed E-state index contributed by atoms with van der Waals surface area (Å²) in [4.78, 5) is 0. The van der Waals surface area contributed by atoms with Gasteiger partial charge in [0.2, 0.25) is 0 Å². The van der Waals surface area contributed by atoms with Gasteiger partial charge in [0, 0.05) is 0 Å². The van der Waals surface area contributed by atoms with Crippen LogP contribution in [-0.4, -0.2) is 22.8 Å². The molecule has 0 N–H and O–H groups in total. The Morgan fingerprint density at radius 3 is 2.21 bits per heavy atom. The molecule has 1 aliphatic rings. The molecule has 0 unspecified atom stereocenters. The van der Waals surface area contributed by atoms with E-state index in [0.29, 0.717) is 0 Å². The predicted octanol–water partition coefficient (Wildman–Crippen LogP) is 5.03. The van der Waals surface area contributed by atoms with E-state index in [9.17, 15) is 0 Å². The zero-order valence-corrected chi connectivity index (χ0v) is 16.8. The van der Waals surface area contributed by atoms with Gasteiger partial charge in [-0.15, -0.1) is 0 Å². The van der Waals surface area contributed by atoms with E-state index in [1.807, 2.05) is 0 Å². The van der Waals surface area contributed by atoms with Gasteiger partial charge in [0.25, 0.3) is 0 Å². The molecule has 0 spiro atoms. The maximum absolute atomic E-state index is 5.55. The first kappa shape index (κ1) is 17.4. The minimum absolute atomic E-state index is 1.08. The number of rotatable bonds is 7. The van der Waals surface area contributed by atoms with Gasteiger partial charge >= 0.3 is 124 Å². The van der Waals surface area contributed by atoms with Crippen LogP contribution < -0.4 is 0 Å². The summed E-state index contributed by atoms with van der Waals surface area (Å²) < 4.78 is 12.9. The Kier molecular flexibility index (Phi) is 6.25. The van der Waals surface area contributed by atoms with Crippen LogP contribution in [0.3, 0.4) is 0 Å². The third kappa shape index (κ3) is 4.66. The fraction of sp³-hybridized carbons (Fsp3) is 0.733. The van der Waals surface area contributed by atoms with Crippen LogP contribution in [0, 0.1) is 0 Å². The van der Waals surface area contributed by atoms with E-state index in [-0.39, 0.29) is 0 Å². The van der Waals surface area contributed by atoms with Crippen LogP contribution >= 0.6 is 0 Å². The van der Waals surface area contributed by atoms with Crippen molar-refractivity contribution >= 4 is 8.56 Å². The molecule has 19 heavy (non-hydrogen) atoms. The number of allylic oxidation sites excluding steroid dienone is 4. The van der Waals surface area contributed by atoms with Crippen molar-refractivity contribution in [3.8, 4) is 0 Å². The normalized spacial score (nSPS) is 17.9. The zero-order chi connectivity index (χ0) is 14.7. The van der Waals surface area contributed by atoms with E-state index in [1.165, 1.54) is 19.3 Å². The van der Waals surface area contributed by atoms with Gasteiger partial charge in [-0.05, 0) is 0 Å². The molecule has 0 aromatic rings. The molecule has 0 radical (unpaired) electrons. The fourth-order valence-electron chi connectivity index (χ4n) is 2.40. The van der Waals surface area contributed by atoms with E-state index >= 15 is 0 Å². The first-order valence-electron chi connectivity index (χ1n) is 6.59. The van der Waals surface area contributed by atoms with Crippen molar-refractivity contribution in [2.45, 2.75) is 54.7 Å². The van der Waals surface area contributed by atoms with Crippen molar-refractivity contribution < 1.29 is 24.9 Å². The molecule has 0 aromatic carbocycles. The molecule has 0 saturated carbocycles. The monoisotopic (exact) mass is 465 g/mol. The van der Waals surface area contributed by atoms with Crippen LogP contribution in [0.1, 0.15) is 26.2 Å². The van der Waals surface area contributed by atoms with Crippen LogP contribution in [-0.2, 0) is 24.9 Å². The van der Waals surface area contributed by atoms with Crippen molar-refractivity contribution in [1.82, 2.24) is 0 Å². The van der Waals surface area contributed by atoms with Gasteiger partial charge in [0.15, 0.2) is 0 Å². The molecular formula is C15H30O2PtSi. The molecule has 116 valence electrons. The predicted molar refractivity (Wildman–Crippen MR) is 82.7 cm³/mol. The Labute approximate surface area is 123 Å². The van der Waals surface area contributed by atoms with Crippen molar-refractivity contribution in [1.29, 1.82) is 0 Å². The molecule has 0 fully saturated rings. The summed E-state index contributed by atoms with van der Waals surface area (Å²) in [5, 5.41) is 7.47. The topological polar surface area (TPSA) is 18.5 Å². The number of hydrogen-bond donors (Lipinski definition) is 0. The van der Waals surface area contributed by atoms with Gasteiger partial charge in [-0.1, -0.05) is 0 Å². The first-order valence-corrected chi connectivity index (χ1v) is 17.1. The quantitative estimate of drug-likeness (QED) is 0.491. The van der Waals surface area contributed by atoms with E-state index in [2.05, 4.69) is 35.5 Å². The van der Waals surface area contributed by atoms with Crippen molar-refractivity contribution in [2.24, 2.45) is 0 Å². The molecule has 0 atom stereocenters. The summed E-state index contributed by atoms with van der Waals surface area (Å²) in [6, 6.07) is 1.08. The van der Waals surface area contributed by atoms with Crippen molar-refractivity contribution in [3.63, 3.8) is 0 Å². The standard InChI is InChI=1S/C12H21O2Si.3CH3.Pt/c1-11-7-5-8-12(11)9-6-10-15(4,13-2)14-3;;;;/h8H,5-6,9-10H2,1-4H3;3*1H3;. The van der Waals surface area contributed by atoms with Gasteiger partial charge in [-0.2, -0.15) is 0 Å². The Morgan fingerprint density at radius 2 is 1.79 bits per heavy atom. The van der Waals surface area contributed by atoms with Gasteiger partial charge < -0.3 is 0 Å². The summed E-state index contributed by atoms with van der Waals surface area (Å²) in [6.07, 6.45) is 6.03. The molecule has 1 rings (SSSR count). The molecule has 1 aliphatic carbocycles. The molecule has 2 nitrogen and oxygen atoms in total. The molecule has 0 heterocycles. The van der Waals surface area contributed by atoms with Crippen LogP contribution in [0.5, 0.6) is 0 Å². The average Bonchev–Trinajstić information content (AvgIpc) is 2.70. The number of hydrogen-bond acceptors (Lipinski definition) is 2. The van der Waals surface area contributed by atoms with Crippen LogP contribution in [0.25, 0.3) is 0 Å². The third-order valence-electron chi connectivity index (χ3n) is 3.89. The second-order valence-electron chi connectivity index (χ2n) is 5.74. The van der Waals surface area contributed by atoms with E-state index in [4.69, 9.17) is 8.85 Å². The summed E-state index contributed by atoms with van der Waals surface area (Å²) >= 11 is -1.56. The van der Waals surface area contributed by atoms with Crippen molar-refractivity contribution in [3.05, 3.63) is 21.2 Å². The summed E-state index contributed by atoms with van der Waals surface area (Å²) in [5.41, 5.74) is 3.18. The summed E-state index contributed by atoms with van der Waals surface area (Å²) in [7, 11) is 1.68. The van der Waals surface area contributed by atoms with E-state index in [1.54, 1.807) is 29.3 Å². The molecule has 0 aromatic heterocycles. The Bertz CT molecular complexity index is 376. The SMILES string of the molecule is CO[Si](C)(CCCC1=CC[C]([Pt]([CH3])([CH3])[CH3])=C1C)OC. The van der Waals surface area contributed by atoms with Gasteiger partial charge in [0.1, 0.15) is 0 Å². The van der Waals surface area contributed by atoms with Gasteiger partial charge in [0.05, 0.1) is 0 Å². The Morgan fingerprint density at radius 1 is 1.21 bits per heavy atom. The molecule has 0 saturated heterocycles. The van der Waals surface area contributed by atoms with Crippen LogP contribution in [0.15, 0.2) is 21.2 Å².